The average molecular weight is 236 g/mol. The van der Waals surface area contributed by atoms with Crippen LogP contribution in [0.5, 0.6) is 0 Å². The molecule has 0 heterocycles. The highest BCUT2D eigenvalue weighted by molar-refractivity contribution is 8.00. The lowest BCUT2D eigenvalue weighted by molar-refractivity contribution is -0.139. The highest BCUT2D eigenvalue weighted by Gasteiger charge is 2.06. The maximum absolute atomic E-state index is 11.1. The molecule has 0 aromatic heterocycles. The summed E-state index contributed by atoms with van der Waals surface area (Å²) in [6.45, 7) is 2.13. The molecule has 0 amide bonds. The van der Waals surface area contributed by atoms with Gasteiger partial charge >= 0.3 is 5.97 Å². The first kappa shape index (κ1) is 12.4. The number of nitrogen functional groups attached to an aromatic ring is 1. The Hall–Kier alpha value is -1.67. The lowest BCUT2D eigenvalue weighted by atomic mass is 10.2. The van der Waals surface area contributed by atoms with E-state index in [0.29, 0.717) is 17.9 Å². The predicted octanol–water partition coefficient (Wildman–Crippen LogP) is 1.80. The van der Waals surface area contributed by atoms with Crippen LogP contribution in [0.3, 0.4) is 0 Å². The Morgan fingerprint density at radius 3 is 3.00 bits per heavy atom. The molecule has 0 aliphatic rings. The second kappa shape index (κ2) is 6.03. The van der Waals surface area contributed by atoms with Crippen LogP contribution in [0.2, 0.25) is 0 Å². The van der Waals surface area contributed by atoms with E-state index < -0.39 is 0 Å². The van der Waals surface area contributed by atoms with E-state index in [4.69, 9.17) is 15.7 Å². The number of nitrogens with zero attached hydrogens (tertiary/aromatic N) is 1. The fourth-order valence-corrected chi connectivity index (χ4v) is 1.87. The number of rotatable bonds is 4. The number of hydrogen-bond acceptors (Lipinski definition) is 5. The molecule has 84 valence electrons. The number of hydrogen-bond donors (Lipinski definition) is 1. The molecule has 0 aliphatic heterocycles. The normalized spacial score (nSPS) is 9.50. The number of anilines is 1. The van der Waals surface area contributed by atoms with Gasteiger partial charge in [-0.3, -0.25) is 4.79 Å². The molecule has 16 heavy (non-hydrogen) atoms. The lowest BCUT2D eigenvalue weighted by Gasteiger charge is -2.05. The number of carbonyl (C=O) groups is 1. The van der Waals surface area contributed by atoms with E-state index in [1.165, 1.54) is 11.8 Å². The van der Waals surface area contributed by atoms with Crippen LogP contribution in [-0.4, -0.2) is 18.3 Å². The van der Waals surface area contributed by atoms with Crippen molar-refractivity contribution in [1.29, 1.82) is 5.26 Å². The zero-order valence-corrected chi connectivity index (χ0v) is 9.71. The van der Waals surface area contributed by atoms with Gasteiger partial charge in [0.15, 0.2) is 0 Å². The van der Waals surface area contributed by atoms with E-state index in [9.17, 15) is 4.79 Å². The van der Waals surface area contributed by atoms with Gasteiger partial charge in [-0.1, -0.05) is 0 Å². The van der Waals surface area contributed by atoms with Gasteiger partial charge in [0.2, 0.25) is 0 Å². The van der Waals surface area contributed by atoms with E-state index in [2.05, 4.69) is 0 Å². The lowest BCUT2D eigenvalue weighted by Crippen LogP contribution is -2.06. The molecular formula is C11H12N2O2S. The van der Waals surface area contributed by atoms with Gasteiger partial charge in [0.05, 0.1) is 24.0 Å². The summed E-state index contributed by atoms with van der Waals surface area (Å²) in [5.74, 6) is -0.0818. The summed E-state index contributed by atoms with van der Waals surface area (Å²) in [5, 5.41) is 8.72. The number of thioether (sulfide) groups is 1. The third-order valence-corrected chi connectivity index (χ3v) is 2.84. The fourth-order valence-electron chi connectivity index (χ4n) is 1.07. The van der Waals surface area contributed by atoms with Crippen molar-refractivity contribution in [2.75, 3.05) is 18.1 Å². The number of nitrogens with two attached hydrogens (primary N) is 1. The second-order valence-corrected chi connectivity index (χ2v) is 3.98. The quantitative estimate of drug-likeness (QED) is 0.490. The summed E-state index contributed by atoms with van der Waals surface area (Å²) in [6, 6.07) is 6.99. The molecule has 1 aromatic rings. The molecule has 0 unspecified atom stereocenters. The Morgan fingerprint density at radius 1 is 1.62 bits per heavy atom. The van der Waals surface area contributed by atoms with Crippen LogP contribution in [0, 0.1) is 11.3 Å². The van der Waals surface area contributed by atoms with Gasteiger partial charge in [0.1, 0.15) is 0 Å². The van der Waals surface area contributed by atoms with Gasteiger partial charge < -0.3 is 10.5 Å². The van der Waals surface area contributed by atoms with Crippen LogP contribution in [0.25, 0.3) is 0 Å². The number of carbonyl (C=O) groups excluding carboxylic acids is 1. The van der Waals surface area contributed by atoms with Gasteiger partial charge in [-0.15, -0.1) is 11.8 Å². The zero-order valence-electron chi connectivity index (χ0n) is 8.90. The Labute approximate surface area is 98.4 Å². The first-order valence-electron chi connectivity index (χ1n) is 4.75. The molecule has 0 saturated heterocycles. The maximum atomic E-state index is 11.1. The van der Waals surface area contributed by atoms with Gasteiger partial charge in [-0.05, 0) is 25.1 Å². The number of benzene rings is 1. The summed E-state index contributed by atoms with van der Waals surface area (Å²) in [5.41, 5.74) is 6.81. The largest absolute Gasteiger partial charge is 0.465 e. The molecular weight excluding hydrogens is 224 g/mol. The molecule has 0 radical (unpaired) electrons. The summed E-state index contributed by atoms with van der Waals surface area (Å²) in [6.07, 6.45) is 0. The molecule has 0 atom stereocenters. The van der Waals surface area contributed by atoms with Gasteiger partial charge in [-0.2, -0.15) is 5.26 Å². The van der Waals surface area contributed by atoms with Crippen LogP contribution in [0.1, 0.15) is 12.5 Å². The molecule has 0 aliphatic carbocycles. The summed E-state index contributed by atoms with van der Waals surface area (Å²) in [7, 11) is 0. The van der Waals surface area contributed by atoms with E-state index in [-0.39, 0.29) is 11.7 Å². The van der Waals surface area contributed by atoms with Crippen molar-refractivity contribution >= 4 is 23.4 Å². The summed E-state index contributed by atoms with van der Waals surface area (Å²) >= 11 is 1.27. The van der Waals surface area contributed by atoms with Gasteiger partial charge in [0, 0.05) is 10.6 Å². The first-order valence-corrected chi connectivity index (χ1v) is 5.74. The summed E-state index contributed by atoms with van der Waals surface area (Å²) < 4.78 is 4.79. The minimum absolute atomic E-state index is 0.201. The predicted molar refractivity (Wildman–Crippen MR) is 62.9 cm³/mol. The first-order chi connectivity index (χ1) is 7.67. The van der Waals surface area contributed by atoms with E-state index in [1.54, 1.807) is 25.1 Å². The minimum atomic E-state index is -0.283. The van der Waals surface area contributed by atoms with Gasteiger partial charge in [-0.25, -0.2) is 0 Å². The average Bonchev–Trinajstić information content (AvgIpc) is 2.28. The van der Waals surface area contributed by atoms with Gasteiger partial charge in [0.25, 0.3) is 0 Å². The maximum Gasteiger partial charge on any atom is 0.316 e. The molecule has 0 saturated carbocycles. The van der Waals surface area contributed by atoms with E-state index in [0.717, 1.165) is 4.90 Å². The standard InChI is InChI=1S/C11H12N2O2S/c1-2-15-11(14)7-16-10-5-8(6-12)3-4-9(10)13/h3-5H,2,7,13H2,1H3. The SMILES string of the molecule is CCOC(=O)CSc1cc(C#N)ccc1N. The molecule has 0 bridgehead atoms. The number of ether oxygens (including phenoxy) is 1. The van der Waals surface area contributed by atoms with Crippen LogP contribution >= 0.6 is 11.8 Å². The number of nitriles is 1. The molecule has 4 nitrogen and oxygen atoms in total. The van der Waals surface area contributed by atoms with Crippen LogP contribution in [-0.2, 0) is 9.53 Å². The van der Waals surface area contributed by atoms with Crippen molar-refractivity contribution < 1.29 is 9.53 Å². The van der Waals surface area contributed by atoms with Crippen LogP contribution in [0.15, 0.2) is 23.1 Å². The summed E-state index contributed by atoms with van der Waals surface area (Å²) in [4.78, 5) is 11.9. The second-order valence-electron chi connectivity index (χ2n) is 2.96. The molecule has 0 fully saturated rings. The Morgan fingerprint density at radius 2 is 2.38 bits per heavy atom. The molecule has 0 spiro atoms. The zero-order chi connectivity index (χ0) is 12.0. The third kappa shape index (κ3) is 3.48. The molecule has 1 aromatic carbocycles. The highest BCUT2D eigenvalue weighted by Crippen LogP contribution is 2.25. The smallest absolute Gasteiger partial charge is 0.316 e. The fraction of sp³-hybridized carbons (Fsp3) is 0.273. The Balaban J connectivity index is 2.66. The minimum Gasteiger partial charge on any atom is -0.465 e. The van der Waals surface area contributed by atoms with E-state index >= 15 is 0 Å². The van der Waals surface area contributed by atoms with Crippen molar-refractivity contribution in [2.45, 2.75) is 11.8 Å². The van der Waals surface area contributed by atoms with E-state index in [1.807, 2.05) is 6.07 Å². The molecule has 5 heteroatoms. The topological polar surface area (TPSA) is 76.1 Å². The Kier molecular flexibility index (Phi) is 4.67. The molecule has 2 N–H and O–H groups in total. The van der Waals surface area contributed by atoms with Crippen LogP contribution < -0.4 is 5.73 Å². The number of esters is 1. The van der Waals surface area contributed by atoms with Crippen LogP contribution in [0.4, 0.5) is 5.69 Å². The van der Waals surface area contributed by atoms with Crippen molar-refractivity contribution in [3.05, 3.63) is 23.8 Å². The van der Waals surface area contributed by atoms with Crippen molar-refractivity contribution in [3.63, 3.8) is 0 Å². The highest BCUT2D eigenvalue weighted by atomic mass is 32.2. The third-order valence-electron chi connectivity index (χ3n) is 1.79. The van der Waals surface area contributed by atoms with Crippen molar-refractivity contribution in [3.8, 4) is 6.07 Å². The monoisotopic (exact) mass is 236 g/mol. The Bertz CT molecular complexity index is 426. The van der Waals surface area contributed by atoms with Crippen molar-refractivity contribution in [2.24, 2.45) is 0 Å². The molecule has 1 rings (SSSR count). The van der Waals surface area contributed by atoms with Crippen molar-refractivity contribution in [1.82, 2.24) is 0 Å².